The highest BCUT2D eigenvalue weighted by Crippen LogP contribution is 2.22. The highest BCUT2D eigenvalue weighted by atomic mass is 35.5. The van der Waals surface area contributed by atoms with Crippen molar-refractivity contribution in [3.8, 4) is 0 Å². The molecular formula is C23H29Cl2N3O4S. The first-order valence-corrected chi connectivity index (χ1v) is 13.0. The van der Waals surface area contributed by atoms with E-state index in [1.807, 2.05) is 13.8 Å². The summed E-state index contributed by atoms with van der Waals surface area (Å²) in [5, 5.41) is 3.72. The normalized spacial score (nSPS) is 12.3. The number of hydrogen-bond acceptors (Lipinski definition) is 4. The van der Waals surface area contributed by atoms with E-state index in [-0.39, 0.29) is 24.1 Å². The van der Waals surface area contributed by atoms with E-state index in [4.69, 9.17) is 23.2 Å². The molecule has 1 N–H and O–H groups in total. The van der Waals surface area contributed by atoms with Gasteiger partial charge in [-0.2, -0.15) is 0 Å². The van der Waals surface area contributed by atoms with Crippen LogP contribution in [0.1, 0.15) is 26.3 Å². The summed E-state index contributed by atoms with van der Waals surface area (Å²) in [7, 11) is -3.80. The molecule has 180 valence electrons. The standard InChI is InChI=1S/C23H29Cl2N3O4S/c1-16(2)13-26-23(30)17(3)27(14-18-8-10-19(24)11-9-18)22(29)15-28(33(4,31)32)21-7-5-6-20(25)12-21/h5-12,16-17H,13-15H2,1-4H3,(H,26,30). The van der Waals surface area contributed by atoms with Gasteiger partial charge in [-0.05, 0) is 48.7 Å². The fraction of sp³-hybridized carbons (Fsp3) is 0.391. The summed E-state index contributed by atoms with van der Waals surface area (Å²) < 4.78 is 26.0. The molecular weight excluding hydrogens is 485 g/mol. The van der Waals surface area contributed by atoms with Crippen LogP contribution in [0.25, 0.3) is 0 Å². The Kier molecular flexibility index (Phi) is 9.57. The minimum Gasteiger partial charge on any atom is -0.354 e. The molecule has 0 saturated carbocycles. The lowest BCUT2D eigenvalue weighted by atomic mass is 10.1. The summed E-state index contributed by atoms with van der Waals surface area (Å²) in [6, 6.07) is 12.3. The van der Waals surface area contributed by atoms with Crippen LogP contribution in [0.15, 0.2) is 48.5 Å². The molecule has 1 atom stereocenters. The van der Waals surface area contributed by atoms with Crippen molar-refractivity contribution in [2.75, 3.05) is 23.7 Å². The molecule has 0 aromatic heterocycles. The van der Waals surface area contributed by atoms with Crippen LogP contribution in [-0.4, -0.2) is 50.5 Å². The van der Waals surface area contributed by atoms with Gasteiger partial charge >= 0.3 is 0 Å². The highest BCUT2D eigenvalue weighted by molar-refractivity contribution is 7.92. The number of sulfonamides is 1. The summed E-state index contributed by atoms with van der Waals surface area (Å²) in [5.74, 6) is -0.604. The molecule has 7 nitrogen and oxygen atoms in total. The van der Waals surface area contributed by atoms with Crippen LogP contribution in [-0.2, 0) is 26.2 Å². The Morgan fingerprint density at radius 1 is 1.00 bits per heavy atom. The lowest BCUT2D eigenvalue weighted by molar-refractivity contribution is -0.139. The topological polar surface area (TPSA) is 86.8 Å². The zero-order valence-electron chi connectivity index (χ0n) is 19.1. The Labute approximate surface area is 205 Å². The van der Waals surface area contributed by atoms with Crippen LogP contribution in [0.2, 0.25) is 10.0 Å². The number of nitrogens with one attached hydrogen (secondary N) is 1. The van der Waals surface area contributed by atoms with Gasteiger partial charge in [-0.25, -0.2) is 8.42 Å². The molecule has 0 radical (unpaired) electrons. The van der Waals surface area contributed by atoms with Crippen LogP contribution in [0, 0.1) is 5.92 Å². The molecule has 0 saturated heterocycles. The molecule has 33 heavy (non-hydrogen) atoms. The number of carbonyl (C=O) groups is 2. The Hall–Kier alpha value is -2.29. The monoisotopic (exact) mass is 513 g/mol. The number of anilines is 1. The highest BCUT2D eigenvalue weighted by Gasteiger charge is 2.30. The predicted octanol–water partition coefficient (Wildman–Crippen LogP) is 3.95. The first kappa shape index (κ1) is 27.0. The number of rotatable bonds is 10. The SMILES string of the molecule is CC(C)CNC(=O)C(C)N(Cc1ccc(Cl)cc1)C(=O)CN(c1cccc(Cl)c1)S(C)(=O)=O. The fourth-order valence-corrected chi connectivity index (χ4v) is 4.22. The molecule has 0 aliphatic carbocycles. The number of benzene rings is 2. The summed E-state index contributed by atoms with van der Waals surface area (Å²) in [6.45, 7) is 5.65. The fourth-order valence-electron chi connectivity index (χ4n) is 3.07. The quantitative estimate of drug-likeness (QED) is 0.520. The van der Waals surface area contributed by atoms with Gasteiger partial charge in [0.15, 0.2) is 0 Å². The Morgan fingerprint density at radius 2 is 1.64 bits per heavy atom. The second-order valence-electron chi connectivity index (χ2n) is 8.21. The van der Waals surface area contributed by atoms with Crippen molar-refractivity contribution in [3.63, 3.8) is 0 Å². The molecule has 2 aromatic carbocycles. The largest absolute Gasteiger partial charge is 0.354 e. The van der Waals surface area contributed by atoms with Gasteiger partial charge in [-0.1, -0.05) is 55.2 Å². The van der Waals surface area contributed by atoms with Crippen LogP contribution >= 0.6 is 23.2 Å². The van der Waals surface area contributed by atoms with Crippen molar-refractivity contribution >= 4 is 50.7 Å². The molecule has 0 aliphatic heterocycles. The molecule has 0 fully saturated rings. The van der Waals surface area contributed by atoms with E-state index in [9.17, 15) is 18.0 Å². The van der Waals surface area contributed by atoms with Crippen molar-refractivity contribution in [2.24, 2.45) is 5.92 Å². The van der Waals surface area contributed by atoms with Crippen molar-refractivity contribution in [1.82, 2.24) is 10.2 Å². The molecule has 0 bridgehead atoms. The third kappa shape index (κ3) is 8.21. The summed E-state index contributed by atoms with van der Waals surface area (Å²) >= 11 is 12.0. The second-order valence-corrected chi connectivity index (χ2v) is 11.0. The van der Waals surface area contributed by atoms with E-state index in [0.29, 0.717) is 16.6 Å². The maximum absolute atomic E-state index is 13.4. The zero-order valence-corrected chi connectivity index (χ0v) is 21.4. The number of carbonyl (C=O) groups excluding carboxylic acids is 2. The maximum Gasteiger partial charge on any atom is 0.244 e. The average molecular weight is 514 g/mol. The van der Waals surface area contributed by atoms with E-state index in [2.05, 4.69) is 5.32 Å². The summed E-state index contributed by atoms with van der Waals surface area (Å²) in [5.41, 5.74) is 1.02. The summed E-state index contributed by atoms with van der Waals surface area (Å²) in [4.78, 5) is 27.5. The predicted molar refractivity (Wildman–Crippen MR) is 133 cm³/mol. The first-order chi connectivity index (χ1) is 15.4. The molecule has 0 aliphatic rings. The number of nitrogens with zero attached hydrogens (tertiary/aromatic N) is 2. The van der Waals surface area contributed by atoms with Gasteiger partial charge in [0, 0.05) is 23.1 Å². The Morgan fingerprint density at radius 3 is 2.18 bits per heavy atom. The second kappa shape index (κ2) is 11.7. The number of amides is 2. The molecule has 10 heteroatoms. The van der Waals surface area contributed by atoms with E-state index in [0.717, 1.165) is 16.1 Å². The lowest BCUT2D eigenvalue weighted by Gasteiger charge is -2.31. The van der Waals surface area contributed by atoms with E-state index >= 15 is 0 Å². The minimum atomic E-state index is -3.80. The number of halogens is 2. The van der Waals surface area contributed by atoms with Gasteiger partial charge in [-0.15, -0.1) is 0 Å². The molecule has 0 spiro atoms. The molecule has 2 rings (SSSR count). The van der Waals surface area contributed by atoms with E-state index in [1.54, 1.807) is 49.4 Å². The molecule has 1 unspecified atom stereocenters. The summed E-state index contributed by atoms with van der Waals surface area (Å²) in [6.07, 6.45) is 1.02. The van der Waals surface area contributed by atoms with Gasteiger partial charge in [0.05, 0.1) is 11.9 Å². The van der Waals surface area contributed by atoms with Gasteiger partial charge in [0.25, 0.3) is 0 Å². The van der Waals surface area contributed by atoms with Gasteiger partial charge < -0.3 is 10.2 Å². The van der Waals surface area contributed by atoms with Crippen molar-refractivity contribution in [1.29, 1.82) is 0 Å². The van der Waals surface area contributed by atoms with Crippen LogP contribution in [0.4, 0.5) is 5.69 Å². The van der Waals surface area contributed by atoms with E-state index < -0.39 is 28.5 Å². The molecule has 2 amide bonds. The Balaban J connectivity index is 2.35. The van der Waals surface area contributed by atoms with E-state index in [1.165, 1.54) is 11.0 Å². The van der Waals surface area contributed by atoms with Gasteiger partial charge in [-0.3, -0.25) is 13.9 Å². The van der Waals surface area contributed by atoms with Crippen molar-refractivity contribution in [3.05, 3.63) is 64.1 Å². The van der Waals surface area contributed by atoms with Crippen LogP contribution in [0.3, 0.4) is 0 Å². The minimum absolute atomic E-state index is 0.111. The van der Waals surface area contributed by atoms with Gasteiger partial charge in [0.1, 0.15) is 12.6 Å². The molecule has 2 aromatic rings. The van der Waals surface area contributed by atoms with Crippen LogP contribution < -0.4 is 9.62 Å². The van der Waals surface area contributed by atoms with Crippen LogP contribution in [0.5, 0.6) is 0 Å². The average Bonchev–Trinajstić information content (AvgIpc) is 2.73. The first-order valence-electron chi connectivity index (χ1n) is 10.4. The van der Waals surface area contributed by atoms with Gasteiger partial charge in [0.2, 0.25) is 21.8 Å². The third-order valence-corrected chi connectivity index (χ3v) is 6.52. The maximum atomic E-state index is 13.4. The smallest absolute Gasteiger partial charge is 0.244 e. The molecule has 0 heterocycles. The lowest BCUT2D eigenvalue weighted by Crippen LogP contribution is -2.51. The zero-order chi connectivity index (χ0) is 24.8. The number of hydrogen-bond donors (Lipinski definition) is 1. The van der Waals surface area contributed by atoms with Crippen molar-refractivity contribution < 1.29 is 18.0 Å². The third-order valence-electron chi connectivity index (χ3n) is 4.89. The Bertz CT molecular complexity index is 1080. The van der Waals surface area contributed by atoms with Crippen molar-refractivity contribution in [2.45, 2.75) is 33.4 Å².